The summed E-state index contributed by atoms with van der Waals surface area (Å²) in [6, 6.07) is 3.51. The topological polar surface area (TPSA) is 86.2 Å². The molecule has 7 nitrogen and oxygen atoms in total. The Hall–Kier alpha value is -2.57. The van der Waals surface area contributed by atoms with Gasteiger partial charge in [0.05, 0.1) is 33.0 Å². The van der Waals surface area contributed by atoms with Gasteiger partial charge in [0, 0.05) is 12.5 Å². The number of carbonyl (C=O) groups is 2. The summed E-state index contributed by atoms with van der Waals surface area (Å²) in [7, 11) is 3.07. The molecular formula is C18H26N2O5. The van der Waals surface area contributed by atoms with E-state index in [0.717, 1.165) is 12.0 Å². The van der Waals surface area contributed by atoms with Crippen LogP contribution in [-0.4, -0.2) is 38.4 Å². The van der Waals surface area contributed by atoms with Crippen LogP contribution in [0.1, 0.15) is 44.7 Å². The van der Waals surface area contributed by atoms with E-state index in [1.807, 2.05) is 6.92 Å². The third-order valence-corrected chi connectivity index (χ3v) is 3.40. The van der Waals surface area contributed by atoms with Crippen LogP contribution in [0.3, 0.4) is 0 Å². The molecule has 1 amide bonds. The molecule has 138 valence electrons. The summed E-state index contributed by atoms with van der Waals surface area (Å²) in [6.45, 7) is 5.47. The van der Waals surface area contributed by atoms with E-state index in [1.165, 1.54) is 21.1 Å². The minimum atomic E-state index is -0.341. The molecule has 0 atom stereocenters. The summed E-state index contributed by atoms with van der Waals surface area (Å²) in [5, 5.41) is 4.20. The van der Waals surface area contributed by atoms with Crippen molar-refractivity contribution >= 4 is 17.6 Å². The van der Waals surface area contributed by atoms with Crippen molar-refractivity contribution in [2.45, 2.75) is 40.0 Å². The van der Waals surface area contributed by atoms with Crippen molar-refractivity contribution in [1.82, 2.24) is 5.43 Å². The fourth-order valence-electron chi connectivity index (χ4n) is 2.34. The van der Waals surface area contributed by atoms with Crippen molar-refractivity contribution in [3.05, 3.63) is 23.3 Å². The minimum Gasteiger partial charge on any atom is -0.493 e. The van der Waals surface area contributed by atoms with Gasteiger partial charge in [0.15, 0.2) is 11.5 Å². The molecule has 0 aromatic heterocycles. The molecule has 0 fully saturated rings. The van der Waals surface area contributed by atoms with Crippen LogP contribution >= 0.6 is 0 Å². The number of hydrogen-bond acceptors (Lipinski definition) is 6. The summed E-state index contributed by atoms with van der Waals surface area (Å²) < 4.78 is 15.7. The molecule has 1 N–H and O–H groups in total. The molecule has 7 heteroatoms. The molecule has 25 heavy (non-hydrogen) atoms. The second kappa shape index (κ2) is 10.3. The molecule has 0 aliphatic heterocycles. The van der Waals surface area contributed by atoms with Crippen LogP contribution in [0.5, 0.6) is 11.5 Å². The smallest absolute Gasteiger partial charge is 0.310 e. The Kier molecular flexibility index (Phi) is 8.46. The molecule has 0 spiro atoms. The van der Waals surface area contributed by atoms with Crippen molar-refractivity contribution in [3.63, 3.8) is 0 Å². The predicted octanol–water partition coefficient (Wildman–Crippen LogP) is 2.45. The number of nitrogens with zero attached hydrogens (tertiary/aromatic N) is 1. The van der Waals surface area contributed by atoms with Crippen molar-refractivity contribution in [3.8, 4) is 11.5 Å². The van der Waals surface area contributed by atoms with Crippen LogP contribution in [-0.2, 0) is 20.7 Å². The Morgan fingerprint density at radius 3 is 2.28 bits per heavy atom. The first-order chi connectivity index (χ1) is 12.0. The lowest BCUT2D eigenvalue weighted by molar-refractivity contribution is -0.142. The predicted molar refractivity (Wildman–Crippen MR) is 95.1 cm³/mol. The van der Waals surface area contributed by atoms with Gasteiger partial charge in [0.2, 0.25) is 5.91 Å². The maximum Gasteiger partial charge on any atom is 0.310 e. The molecule has 1 aromatic carbocycles. The third-order valence-electron chi connectivity index (χ3n) is 3.40. The summed E-state index contributed by atoms with van der Waals surface area (Å²) in [5.41, 5.74) is 4.55. The Bertz CT molecular complexity index is 641. The maximum absolute atomic E-state index is 12.0. The summed E-state index contributed by atoms with van der Waals surface area (Å²) in [6.07, 6.45) is 1.53. The molecule has 0 saturated carbocycles. The number of hydrazone groups is 1. The van der Waals surface area contributed by atoms with Crippen LogP contribution in [0.2, 0.25) is 0 Å². The normalized spacial score (nSPS) is 11.0. The highest BCUT2D eigenvalue weighted by Gasteiger charge is 2.18. The number of ether oxygens (including phenoxy) is 3. The van der Waals surface area contributed by atoms with E-state index in [9.17, 15) is 9.59 Å². The standard InChI is InChI=1S/C18H26N2O5/c1-6-8-15(20-19-12(3)21)14-11-17(24-5)16(23-4)9-13(14)10-18(22)25-7-2/h9,11H,6-8,10H2,1-5H3,(H,19,21). The lowest BCUT2D eigenvalue weighted by atomic mass is 9.97. The molecular weight excluding hydrogens is 324 g/mol. The van der Waals surface area contributed by atoms with Crippen molar-refractivity contribution in [2.75, 3.05) is 20.8 Å². The molecule has 0 heterocycles. The molecule has 0 radical (unpaired) electrons. The Morgan fingerprint density at radius 1 is 1.12 bits per heavy atom. The SMILES string of the molecule is CCCC(=NNC(C)=O)c1cc(OC)c(OC)cc1CC(=O)OCC. The largest absolute Gasteiger partial charge is 0.493 e. The quantitative estimate of drug-likeness (QED) is 0.420. The maximum atomic E-state index is 12.0. The number of hydrogen-bond donors (Lipinski definition) is 1. The number of esters is 1. The van der Waals surface area contributed by atoms with E-state index >= 15 is 0 Å². The van der Waals surface area contributed by atoms with Crippen LogP contribution in [0.15, 0.2) is 17.2 Å². The number of nitrogens with one attached hydrogen (secondary N) is 1. The third kappa shape index (κ3) is 6.10. The van der Waals surface area contributed by atoms with Gasteiger partial charge in [0.25, 0.3) is 0 Å². The first-order valence-corrected chi connectivity index (χ1v) is 8.20. The molecule has 0 saturated heterocycles. The summed E-state index contributed by atoms with van der Waals surface area (Å²) in [5.74, 6) is 0.435. The van der Waals surface area contributed by atoms with E-state index < -0.39 is 0 Å². The second-order valence-electron chi connectivity index (χ2n) is 5.32. The van der Waals surface area contributed by atoms with Gasteiger partial charge < -0.3 is 14.2 Å². The van der Waals surface area contributed by atoms with E-state index in [0.29, 0.717) is 35.8 Å². The number of benzene rings is 1. The van der Waals surface area contributed by atoms with Gasteiger partial charge in [-0.3, -0.25) is 9.59 Å². The number of rotatable bonds is 9. The summed E-state index contributed by atoms with van der Waals surface area (Å²) in [4.78, 5) is 23.2. The fraction of sp³-hybridized carbons (Fsp3) is 0.500. The molecule has 1 aromatic rings. The van der Waals surface area contributed by atoms with Crippen LogP contribution in [0.4, 0.5) is 0 Å². The zero-order valence-electron chi connectivity index (χ0n) is 15.5. The van der Waals surface area contributed by atoms with Crippen molar-refractivity contribution < 1.29 is 23.8 Å². The van der Waals surface area contributed by atoms with E-state index in [4.69, 9.17) is 14.2 Å². The monoisotopic (exact) mass is 350 g/mol. The zero-order chi connectivity index (χ0) is 18.8. The van der Waals surface area contributed by atoms with Crippen LogP contribution in [0, 0.1) is 0 Å². The first-order valence-electron chi connectivity index (χ1n) is 8.20. The van der Waals surface area contributed by atoms with E-state index in [-0.39, 0.29) is 18.3 Å². The minimum absolute atomic E-state index is 0.0757. The average molecular weight is 350 g/mol. The highest BCUT2D eigenvalue weighted by atomic mass is 16.5. The zero-order valence-corrected chi connectivity index (χ0v) is 15.5. The van der Waals surface area contributed by atoms with Gasteiger partial charge in [-0.1, -0.05) is 13.3 Å². The highest BCUT2D eigenvalue weighted by molar-refractivity contribution is 6.03. The van der Waals surface area contributed by atoms with E-state index in [1.54, 1.807) is 19.1 Å². The number of amides is 1. The summed E-state index contributed by atoms with van der Waals surface area (Å²) >= 11 is 0. The van der Waals surface area contributed by atoms with E-state index in [2.05, 4.69) is 10.5 Å². The first kappa shape index (κ1) is 20.5. The second-order valence-corrected chi connectivity index (χ2v) is 5.32. The van der Waals surface area contributed by atoms with Crippen molar-refractivity contribution in [2.24, 2.45) is 5.10 Å². The average Bonchev–Trinajstić information content (AvgIpc) is 2.58. The Morgan fingerprint density at radius 2 is 1.76 bits per heavy atom. The highest BCUT2D eigenvalue weighted by Crippen LogP contribution is 2.32. The van der Waals surface area contributed by atoms with Gasteiger partial charge in [-0.05, 0) is 31.0 Å². The van der Waals surface area contributed by atoms with Gasteiger partial charge in [-0.15, -0.1) is 0 Å². The molecule has 0 aliphatic carbocycles. The van der Waals surface area contributed by atoms with Gasteiger partial charge in [0.1, 0.15) is 0 Å². The molecule has 1 rings (SSSR count). The number of carbonyl (C=O) groups excluding carboxylic acids is 2. The Labute approximate surface area is 148 Å². The van der Waals surface area contributed by atoms with Crippen LogP contribution in [0.25, 0.3) is 0 Å². The molecule has 0 aliphatic rings. The van der Waals surface area contributed by atoms with Gasteiger partial charge in [-0.2, -0.15) is 5.10 Å². The lowest BCUT2D eigenvalue weighted by Gasteiger charge is -2.16. The molecule has 0 bridgehead atoms. The fourth-order valence-corrected chi connectivity index (χ4v) is 2.34. The number of methoxy groups -OCH3 is 2. The van der Waals surface area contributed by atoms with Gasteiger partial charge in [-0.25, -0.2) is 5.43 Å². The molecule has 0 unspecified atom stereocenters. The van der Waals surface area contributed by atoms with Crippen LogP contribution < -0.4 is 14.9 Å². The lowest BCUT2D eigenvalue weighted by Crippen LogP contribution is -2.18. The Balaban J connectivity index is 3.42. The van der Waals surface area contributed by atoms with Gasteiger partial charge >= 0.3 is 5.97 Å². The van der Waals surface area contributed by atoms with Crippen molar-refractivity contribution in [1.29, 1.82) is 0 Å².